The standard InChI is InChI=1S/C23H22BNO3/c1-3-10-18(11-4-1)23(22-16-9-17-25-22,19-12-5-2-6-13-19)28-24-26-20-14-7-8-15-21(20)27-24/h1-8,10-15,22,25H,9,16-17H2/p+1. The van der Waals surface area contributed by atoms with Gasteiger partial charge in [0.15, 0.2) is 5.60 Å². The SMILES string of the molecule is c1ccc(C(OB2Oc3ccccc3O2)(c2ccccc2)C2CCC[NH2+]2)cc1. The molecule has 0 aromatic heterocycles. The first-order valence-corrected chi connectivity index (χ1v) is 9.91. The van der Waals surface area contributed by atoms with Crippen LogP contribution in [0.3, 0.4) is 0 Å². The molecule has 1 atom stereocenters. The Morgan fingerprint density at radius 3 is 1.82 bits per heavy atom. The minimum absolute atomic E-state index is 0.244. The third kappa shape index (κ3) is 2.97. The summed E-state index contributed by atoms with van der Waals surface area (Å²) in [5.41, 5.74) is 1.58. The zero-order valence-corrected chi connectivity index (χ0v) is 15.7. The number of quaternary nitrogens is 1. The topological polar surface area (TPSA) is 44.3 Å². The highest BCUT2D eigenvalue weighted by Crippen LogP contribution is 2.41. The summed E-state index contributed by atoms with van der Waals surface area (Å²) in [4.78, 5) is 0. The molecule has 3 aromatic carbocycles. The molecule has 1 saturated heterocycles. The molecule has 5 rings (SSSR count). The zero-order valence-electron chi connectivity index (χ0n) is 15.7. The third-order valence-electron chi connectivity index (χ3n) is 5.68. The molecule has 0 bridgehead atoms. The molecule has 1 fully saturated rings. The van der Waals surface area contributed by atoms with Crippen LogP contribution in [0.15, 0.2) is 84.9 Å². The highest BCUT2D eigenvalue weighted by Gasteiger charge is 2.53. The van der Waals surface area contributed by atoms with Gasteiger partial charge in [0.25, 0.3) is 0 Å². The van der Waals surface area contributed by atoms with E-state index in [-0.39, 0.29) is 6.04 Å². The molecule has 140 valence electrons. The van der Waals surface area contributed by atoms with E-state index >= 15 is 0 Å². The van der Waals surface area contributed by atoms with E-state index in [0.717, 1.165) is 35.6 Å². The second kappa shape index (κ2) is 7.34. The van der Waals surface area contributed by atoms with Crippen molar-refractivity contribution in [3.63, 3.8) is 0 Å². The molecule has 0 radical (unpaired) electrons. The maximum atomic E-state index is 6.76. The summed E-state index contributed by atoms with van der Waals surface area (Å²) in [6.07, 6.45) is 2.24. The first-order valence-electron chi connectivity index (χ1n) is 9.91. The van der Waals surface area contributed by atoms with Gasteiger partial charge in [-0.2, -0.15) is 0 Å². The fourth-order valence-electron chi connectivity index (χ4n) is 4.41. The van der Waals surface area contributed by atoms with Gasteiger partial charge in [-0.05, 0) is 23.3 Å². The molecular formula is C23H23BNO3+. The minimum Gasteiger partial charge on any atom is -0.498 e. The first-order chi connectivity index (χ1) is 13.9. The fraction of sp³-hybridized carbons (Fsp3) is 0.217. The summed E-state index contributed by atoms with van der Waals surface area (Å²) in [5.74, 6) is 1.44. The molecule has 2 aliphatic heterocycles. The van der Waals surface area contributed by atoms with Gasteiger partial charge in [-0.15, -0.1) is 0 Å². The Hall–Kier alpha value is -2.76. The van der Waals surface area contributed by atoms with Gasteiger partial charge in [0, 0.05) is 12.8 Å². The molecule has 2 N–H and O–H groups in total. The zero-order chi connectivity index (χ0) is 18.8. The van der Waals surface area contributed by atoms with Crippen LogP contribution in [-0.4, -0.2) is 19.9 Å². The molecule has 0 saturated carbocycles. The largest absolute Gasteiger partial charge is 0.789 e. The molecule has 0 aliphatic carbocycles. The van der Waals surface area contributed by atoms with Crippen molar-refractivity contribution >= 4 is 7.32 Å². The summed E-state index contributed by atoms with van der Waals surface area (Å²) >= 11 is 0. The molecule has 28 heavy (non-hydrogen) atoms. The Morgan fingerprint density at radius 1 is 0.786 bits per heavy atom. The van der Waals surface area contributed by atoms with Crippen molar-refractivity contribution in [2.75, 3.05) is 6.54 Å². The van der Waals surface area contributed by atoms with Crippen LogP contribution in [0.5, 0.6) is 11.5 Å². The van der Waals surface area contributed by atoms with Crippen molar-refractivity contribution in [2.24, 2.45) is 0 Å². The first kappa shape index (κ1) is 17.4. The number of fused-ring (bicyclic) bond motifs is 1. The van der Waals surface area contributed by atoms with Crippen molar-refractivity contribution in [2.45, 2.75) is 24.5 Å². The van der Waals surface area contributed by atoms with Crippen molar-refractivity contribution in [3.05, 3.63) is 96.1 Å². The second-order valence-electron chi connectivity index (χ2n) is 7.33. The predicted molar refractivity (Wildman–Crippen MR) is 108 cm³/mol. The number of hydrogen-bond donors (Lipinski definition) is 1. The van der Waals surface area contributed by atoms with Crippen LogP contribution in [0, 0.1) is 0 Å². The van der Waals surface area contributed by atoms with Crippen LogP contribution < -0.4 is 14.6 Å². The Labute approximate surface area is 165 Å². The average Bonchev–Trinajstić information content (AvgIpc) is 3.43. The van der Waals surface area contributed by atoms with Gasteiger partial charge in [-0.25, -0.2) is 0 Å². The van der Waals surface area contributed by atoms with Gasteiger partial charge in [0.2, 0.25) is 0 Å². The molecular weight excluding hydrogens is 349 g/mol. The van der Waals surface area contributed by atoms with E-state index in [2.05, 4.69) is 53.8 Å². The molecule has 2 aliphatic rings. The van der Waals surface area contributed by atoms with E-state index in [1.165, 1.54) is 6.42 Å². The van der Waals surface area contributed by atoms with E-state index < -0.39 is 12.9 Å². The highest BCUT2D eigenvalue weighted by atomic mass is 16.8. The van der Waals surface area contributed by atoms with Gasteiger partial charge in [0.1, 0.15) is 17.5 Å². The molecule has 4 nitrogen and oxygen atoms in total. The van der Waals surface area contributed by atoms with Crippen molar-refractivity contribution in [3.8, 4) is 11.5 Å². The second-order valence-corrected chi connectivity index (χ2v) is 7.33. The van der Waals surface area contributed by atoms with E-state index in [0.29, 0.717) is 0 Å². The normalized spacial score (nSPS) is 18.4. The van der Waals surface area contributed by atoms with Crippen LogP contribution in [0.2, 0.25) is 0 Å². The van der Waals surface area contributed by atoms with Gasteiger partial charge in [-0.3, -0.25) is 0 Å². The minimum atomic E-state index is -0.785. The Balaban J connectivity index is 1.60. The molecule has 0 amide bonds. The quantitative estimate of drug-likeness (QED) is 0.700. The fourth-order valence-corrected chi connectivity index (χ4v) is 4.41. The van der Waals surface area contributed by atoms with Gasteiger partial charge in [-0.1, -0.05) is 72.8 Å². The summed E-state index contributed by atoms with van der Waals surface area (Å²) in [5, 5.41) is 2.39. The molecule has 2 heterocycles. The number of benzene rings is 3. The van der Waals surface area contributed by atoms with Crippen LogP contribution in [0.4, 0.5) is 0 Å². The average molecular weight is 372 g/mol. The number of rotatable bonds is 5. The van der Waals surface area contributed by atoms with Gasteiger partial charge in [0.05, 0.1) is 6.54 Å². The van der Waals surface area contributed by atoms with Crippen molar-refractivity contribution in [1.82, 2.24) is 0 Å². The van der Waals surface area contributed by atoms with E-state index in [1.807, 2.05) is 36.4 Å². The summed E-state index contributed by atoms with van der Waals surface area (Å²) in [7, 11) is -0.785. The number of hydrogen-bond acceptors (Lipinski definition) is 3. The van der Waals surface area contributed by atoms with Crippen LogP contribution in [-0.2, 0) is 10.3 Å². The van der Waals surface area contributed by atoms with Crippen LogP contribution in [0.1, 0.15) is 24.0 Å². The van der Waals surface area contributed by atoms with Crippen LogP contribution in [0.25, 0.3) is 0 Å². The number of nitrogens with two attached hydrogens (primary N) is 1. The molecule has 0 spiro atoms. The third-order valence-corrected chi connectivity index (χ3v) is 5.68. The lowest BCUT2D eigenvalue weighted by Gasteiger charge is -2.38. The van der Waals surface area contributed by atoms with Crippen LogP contribution >= 0.6 is 0 Å². The monoisotopic (exact) mass is 372 g/mol. The predicted octanol–water partition coefficient (Wildman–Crippen LogP) is 3.13. The Kier molecular flexibility index (Phi) is 4.55. The summed E-state index contributed by atoms with van der Waals surface area (Å²) < 4.78 is 18.8. The van der Waals surface area contributed by atoms with Gasteiger partial charge < -0.3 is 19.3 Å². The molecule has 1 unspecified atom stereocenters. The molecule has 3 aromatic rings. The maximum absolute atomic E-state index is 6.76. The Bertz CT molecular complexity index is 864. The smallest absolute Gasteiger partial charge is 0.498 e. The lowest BCUT2D eigenvalue weighted by Crippen LogP contribution is -2.91. The van der Waals surface area contributed by atoms with Crippen molar-refractivity contribution in [1.29, 1.82) is 0 Å². The maximum Gasteiger partial charge on any atom is 0.789 e. The lowest BCUT2D eigenvalue weighted by molar-refractivity contribution is -0.683. The van der Waals surface area contributed by atoms with Gasteiger partial charge >= 0.3 is 7.32 Å². The van der Waals surface area contributed by atoms with E-state index in [1.54, 1.807) is 0 Å². The number of para-hydroxylation sites is 2. The molecule has 5 heteroatoms. The lowest BCUT2D eigenvalue weighted by atomic mass is 9.78. The van der Waals surface area contributed by atoms with Crippen molar-refractivity contribution < 1.29 is 19.3 Å². The Morgan fingerprint density at radius 2 is 1.32 bits per heavy atom. The van der Waals surface area contributed by atoms with E-state index in [9.17, 15) is 0 Å². The van der Waals surface area contributed by atoms with E-state index in [4.69, 9.17) is 14.0 Å². The summed E-state index contributed by atoms with van der Waals surface area (Å²) in [6.45, 7) is 1.10. The summed E-state index contributed by atoms with van der Waals surface area (Å²) in [6, 6.07) is 28.8. The highest BCUT2D eigenvalue weighted by molar-refractivity contribution is 6.40.